The highest BCUT2D eigenvalue weighted by molar-refractivity contribution is 6.41. The van der Waals surface area contributed by atoms with Crippen LogP contribution >= 0.6 is 23.2 Å². The Morgan fingerprint density at radius 1 is 1.17 bits per heavy atom. The maximum absolute atomic E-state index is 5.58. The van der Waals surface area contributed by atoms with Gasteiger partial charge in [-0.3, -0.25) is 0 Å². The molecule has 12 heavy (non-hydrogen) atoms. The van der Waals surface area contributed by atoms with Crippen molar-refractivity contribution in [2.24, 2.45) is 4.99 Å². The molecule has 0 spiro atoms. The van der Waals surface area contributed by atoms with Crippen molar-refractivity contribution in [3.05, 3.63) is 34.3 Å². The van der Waals surface area contributed by atoms with E-state index in [0.29, 0.717) is 10.0 Å². The van der Waals surface area contributed by atoms with E-state index in [1.54, 1.807) is 19.2 Å². The lowest BCUT2D eigenvalue weighted by Crippen LogP contribution is -1.62. The lowest BCUT2D eigenvalue weighted by Gasteiger charge is -1.88. The molecular weight excluding hydrogens is 193 g/mol. The van der Waals surface area contributed by atoms with Crippen LogP contribution in [0, 0.1) is 0 Å². The highest BCUT2D eigenvalue weighted by atomic mass is 35.5. The van der Waals surface area contributed by atoms with E-state index in [1.807, 2.05) is 12.1 Å². The third-order valence-electron chi connectivity index (χ3n) is 0.824. The van der Waals surface area contributed by atoms with Gasteiger partial charge in [0, 0.05) is 7.05 Å². The summed E-state index contributed by atoms with van der Waals surface area (Å²) in [4.78, 5) is 3.25. The summed E-state index contributed by atoms with van der Waals surface area (Å²) in [5.41, 5.74) is 0. The lowest BCUT2D eigenvalue weighted by molar-refractivity contribution is 1.49. The summed E-state index contributed by atoms with van der Waals surface area (Å²) < 4.78 is 0. The maximum atomic E-state index is 5.58. The van der Waals surface area contributed by atoms with Gasteiger partial charge in [-0.1, -0.05) is 42.8 Å². The molecule has 0 N–H and O–H groups in total. The summed E-state index contributed by atoms with van der Waals surface area (Å²) in [7, 11) is 1.64. The predicted octanol–water partition coefficient (Wildman–Crippen LogP) is 3.95. The van der Waals surface area contributed by atoms with Crippen LogP contribution in [0.15, 0.2) is 29.3 Å². The first-order chi connectivity index (χ1) is 5.22. The van der Waals surface area contributed by atoms with Gasteiger partial charge in [-0.25, -0.2) is 0 Å². The van der Waals surface area contributed by atoms with Crippen molar-refractivity contribution >= 4 is 29.9 Å². The van der Waals surface area contributed by atoms with E-state index in [4.69, 9.17) is 23.2 Å². The zero-order valence-corrected chi connectivity index (χ0v) is 7.73. The second-order valence-electron chi connectivity index (χ2n) is 1.73. The Labute approximate surface area is 84.0 Å². The van der Waals surface area contributed by atoms with E-state index in [1.165, 1.54) is 0 Å². The molecular formula is C9H13Cl2N. The summed E-state index contributed by atoms with van der Waals surface area (Å²) in [6.07, 6.45) is 0. The molecule has 0 saturated carbocycles. The van der Waals surface area contributed by atoms with Crippen molar-refractivity contribution in [1.82, 2.24) is 0 Å². The predicted molar refractivity (Wildman–Crippen MR) is 58.7 cm³/mol. The SMILES string of the molecule is C.C=NC.Clc1ccccc1Cl. The van der Waals surface area contributed by atoms with Gasteiger partial charge < -0.3 is 4.99 Å². The van der Waals surface area contributed by atoms with Gasteiger partial charge in [-0.2, -0.15) is 0 Å². The van der Waals surface area contributed by atoms with Crippen molar-refractivity contribution < 1.29 is 0 Å². The molecule has 0 radical (unpaired) electrons. The van der Waals surface area contributed by atoms with Crippen LogP contribution in [0.25, 0.3) is 0 Å². The van der Waals surface area contributed by atoms with E-state index in [-0.39, 0.29) is 7.43 Å². The van der Waals surface area contributed by atoms with E-state index < -0.39 is 0 Å². The minimum Gasteiger partial charge on any atom is -0.304 e. The van der Waals surface area contributed by atoms with Crippen molar-refractivity contribution in [1.29, 1.82) is 0 Å². The third-order valence-corrected chi connectivity index (χ3v) is 1.58. The van der Waals surface area contributed by atoms with Gasteiger partial charge in [0.15, 0.2) is 0 Å². The fourth-order valence-electron chi connectivity index (χ4n) is 0.439. The van der Waals surface area contributed by atoms with Crippen LogP contribution < -0.4 is 0 Å². The average Bonchev–Trinajstić information content (AvgIpc) is 1.97. The van der Waals surface area contributed by atoms with Gasteiger partial charge in [0.05, 0.1) is 10.0 Å². The van der Waals surface area contributed by atoms with Gasteiger partial charge in [-0.15, -0.1) is 0 Å². The molecule has 1 nitrogen and oxygen atoms in total. The normalized spacial score (nSPS) is 7.25. The molecule has 1 aromatic carbocycles. The van der Waals surface area contributed by atoms with Gasteiger partial charge in [0.25, 0.3) is 0 Å². The second kappa shape index (κ2) is 8.57. The molecule has 1 rings (SSSR count). The molecule has 3 heteroatoms. The van der Waals surface area contributed by atoms with Crippen LogP contribution in [0.3, 0.4) is 0 Å². The Morgan fingerprint density at radius 3 is 1.58 bits per heavy atom. The number of hydrogen-bond donors (Lipinski definition) is 0. The van der Waals surface area contributed by atoms with Crippen LogP contribution in [0.5, 0.6) is 0 Å². The topological polar surface area (TPSA) is 12.4 Å². The summed E-state index contributed by atoms with van der Waals surface area (Å²) in [5.74, 6) is 0. The molecule has 0 amide bonds. The highest BCUT2D eigenvalue weighted by Crippen LogP contribution is 2.19. The standard InChI is InChI=1S/C6H4Cl2.C2H5N.CH4/c7-5-3-1-2-4-6(5)8;1-3-2;/h1-4H;1H2,2H3;1H4. The summed E-state index contributed by atoms with van der Waals surface area (Å²) in [6.45, 7) is 3.11. The zero-order chi connectivity index (χ0) is 8.69. The van der Waals surface area contributed by atoms with Crippen LogP contribution in [-0.2, 0) is 0 Å². The molecule has 0 unspecified atom stereocenters. The molecule has 0 aliphatic heterocycles. The minimum atomic E-state index is 0. The van der Waals surface area contributed by atoms with E-state index >= 15 is 0 Å². The molecule has 0 aromatic heterocycles. The fourth-order valence-corrected chi connectivity index (χ4v) is 0.711. The Kier molecular flexibility index (Phi) is 10.0. The van der Waals surface area contributed by atoms with Crippen molar-refractivity contribution in [3.63, 3.8) is 0 Å². The van der Waals surface area contributed by atoms with Crippen LogP contribution in [0.1, 0.15) is 7.43 Å². The smallest absolute Gasteiger partial charge is 0.0592 e. The number of nitrogens with zero attached hydrogens (tertiary/aromatic N) is 1. The van der Waals surface area contributed by atoms with Crippen LogP contribution in [0.2, 0.25) is 10.0 Å². The molecule has 1 aromatic rings. The number of benzene rings is 1. The number of hydrogen-bond acceptors (Lipinski definition) is 1. The summed E-state index contributed by atoms with van der Waals surface area (Å²) >= 11 is 11.2. The van der Waals surface area contributed by atoms with E-state index in [9.17, 15) is 0 Å². The van der Waals surface area contributed by atoms with Gasteiger partial charge >= 0.3 is 0 Å². The van der Waals surface area contributed by atoms with E-state index in [2.05, 4.69) is 11.7 Å². The van der Waals surface area contributed by atoms with Gasteiger partial charge in [-0.05, 0) is 18.9 Å². The first-order valence-electron chi connectivity index (χ1n) is 2.97. The summed E-state index contributed by atoms with van der Waals surface area (Å²) in [5, 5.41) is 1.21. The molecule has 0 aliphatic rings. The minimum absolute atomic E-state index is 0. The molecule has 0 bridgehead atoms. The Morgan fingerprint density at radius 2 is 1.42 bits per heavy atom. The maximum Gasteiger partial charge on any atom is 0.0592 e. The Balaban J connectivity index is 0. The molecule has 0 atom stereocenters. The van der Waals surface area contributed by atoms with Crippen LogP contribution in [0.4, 0.5) is 0 Å². The molecule has 0 fully saturated rings. The number of halogens is 2. The van der Waals surface area contributed by atoms with Gasteiger partial charge in [0.1, 0.15) is 0 Å². The quantitative estimate of drug-likeness (QED) is 0.570. The largest absolute Gasteiger partial charge is 0.304 e. The third kappa shape index (κ3) is 6.20. The molecule has 0 saturated heterocycles. The van der Waals surface area contributed by atoms with Crippen molar-refractivity contribution in [2.45, 2.75) is 7.43 Å². The first-order valence-corrected chi connectivity index (χ1v) is 3.72. The summed E-state index contributed by atoms with van der Waals surface area (Å²) in [6, 6.07) is 7.19. The molecule has 0 aliphatic carbocycles. The zero-order valence-electron chi connectivity index (χ0n) is 6.22. The molecule has 0 heterocycles. The number of rotatable bonds is 0. The van der Waals surface area contributed by atoms with Gasteiger partial charge in [0.2, 0.25) is 0 Å². The number of aliphatic imine (C=N–C) groups is 1. The van der Waals surface area contributed by atoms with Crippen molar-refractivity contribution in [2.75, 3.05) is 7.05 Å². The lowest BCUT2D eigenvalue weighted by atomic mass is 10.4. The second-order valence-corrected chi connectivity index (χ2v) is 2.54. The average molecular weight is 206 g/mol. The monoisotopic (exact) mass is 205 g/mol. The highest BCUT2D eigenvalue weighted by Gasteiger charge is 1.89. The van der Waals surface area contributed by atoms with E-state index in [0.717, 1.165) is 0 Å². The first kappa shape index (κ1) is 14.0. The molecule has 68 valence electrons. The van der Waals surface area contributed by atoms with Crippen LogP contribution in [-0.4, -0.2) is 13.8 Å². The Bertz CT molecular complexity index is 203. The van der Waals surface area contributed by atoms with Crippen molar-refractivity contribution in [3.8, 4) is 0 Å². The Hall–Kier alpha value is -0.530. The fraction of sp³-hybridized carbons (Fsp3) is 0.222.